The molecule has 2 fully saturated rings. The first-order valence-corrected chi connectivity index (χ1v) is 17.3. The monoisotopic (exact) mass is 643 g/mol. The van der Waals surface area contributed by atoms with Crippen molar-refractivity contribution >= 4 is 17.7 Å². The van der Waals surface area contributed by atoms with Crippen molar-refractivity contribution in [2.75, 3.05) is 13.1 Å². The molecule has 1 N–H and O–H groups in total. The Morgan fingerprint density at radius 1 is 1.04 bits per heavy atom. The highest BCUT2D eigenvalue weighted by Crippen LogP contribution is 2.51. The van der Waals surface area contributed by atoms with Crippen LogP contribution in [0, 0.1) is 58.7 Å². The molecule has 3 atom stereocenters. The summed E-state index contributed by atoms with van der Waals surface area (Å²) in [5.41, 5.74) is 1.82. The summed E-state index contributed by atoms with van der Waals surface area (Å²) in [6, 6.07) is 10.0. The first-order valence-electron chi connectivity index (χ1n) is 17.3. The van der Waals surface area contributed by atoms with Gasteiger partial charge in [0, 0.05) is 30.5 Å². The molecule has 1 aliphatic carbocycles. The Labute approximate surface area is 280 Å². The summed E-state index contributed by atoms with van der Waals surface area (Å²) in [6.45, 7) is 23.2. The summed E-state index contributed by atoms with van der Waals surface area (Å²) in [7, 11) is 0. The number of amides is 1. The number of nitrogens with one attached hydrogen (secondary N) is 1. The maximum atomic E-state index is 14.5. The lowest BCUT2D eigenvalue weighted by molar-refractivity contribution is -0.0994. The van der Waals surface area contributed by atoms with Gasteiger partial charge in [-0.1, -0.05) is 92.1 Å². The van der Waals surface area contributed by atoms with E-state index in [4.69, 9.17) is 14.5 Å². The minimum Gasteiger partial charge on any atom is -0.458 e. The van der Waals surface area contributed by atoms with Gasteiger partial charge in [-0.05, 0) is 61.2 Å². The van der Waals surface area contributed by atoms with E-state index in [1.54, 1.807) is 4.90 Å². The van der Waals surface area contributed by atoms with Gasteiger partial charge in [-0.3, -0.25) is 5.10 Å². The number of aryl methyl sites for hydroxylation is 1. The first-order chi connectivity index (χ1) is 22.0. The third-order valence-corrected chi connectivity index (χ3v) is 10.6. The number of hydrogen-bond donors (Lipinski definition) is 1. The number of carbonyl (C=O) groups is 2. The fraction of sp³-hybridized carbons (Fsp3) is 0.632. The molecule has 254 valence electrons. The molecule has 5 rings (SSSR count). The van der Waals surface area contributed by atoms with Crippen LogP contribution in [0.15, 0.2) is 24.3 Å². The standard InChI is InChI=1S/C38H53N5O4/c1-22(2)26-18-28(37(5,6)7)31(29(19-26)38(8,9)10)46-35(44)30-27(20-39)34(47-36(45)42-17-11-12-24(4)21-42)43-33(30)40-32(41-43)25-15-13-23(3)14-16-25/h13-16,22,24,26,28-29,31H,11-12,17-19,21H2,1-10H3,(H,40,41). The number of carbonyl (C=O) groups excluding carboxylic acids is 2. The van der Waals surface area contributed by atoms with Crippen LogP contribution >= 0.6 is 0 Å². The number of rotatable bonds is 5. The number of benzene rings is 1. The molecule has 9 heteroatoms. The molecule has 1 saturated carbocycles. The van der Waals surface area contributed by atoms with Gasteiger partial charge in [0.25, 0.3) is 0 Å². The largest absolute Gasteiger partial charge is 0.458 e. The molecule has 1 saturated heterocycles. The van der Waals surface area contributed by atoms with Gasteiger partial charge in [0.1, 0.15) is 23.3 Å². The Kier molecular flexibility index (Phi) is 9.56. The molecular formula is C38H53N5O4. The normalized spacial score (nSPS) is 24.0. The molecular weight excluding hydrogens is 590 g/mol. The van der Waals surface area contributed by atoms with Gasteiger partial charge in [-0.25, -0.2) is 19.1 Å². The molecule has 1 aromatic carbocycles. The summed E-state index contributed by atoms with van der Waals surface area (Å²) in [4.78, 5) is 34.4. The van der Waals surface area contributed by atoms with E-state index in [1.165, 1.54) is 4.52 Å². The number of ether oxygens (including phenoxy) is 2. The number of aromatic amines is 1. The molecule has 1 aliphatic heterocycles. The summed E-state index contributed by atoms with van der Waals surface area (Å²) in [5, 5.41) is 13.7. The Balaban J connectivity index is 1.60. The number of piperidine rings is 1. The van der Waals surface area contributed by atoms with Crippen molar-refractivity contribution in [3.63, 3.8) is 0 Å². The second-order valence-electron chi connectivity index (χ2n) is 16.6. The highest BCUT2D eigenvalue weighted by Gasteiger charge is 2.50. The van der Waals surface area contributed by atoms with E-state index in [0.717, 1.165) is 36.8 Å². The fourth-order valence-electron chi connectivity index (χ4n) is 7.60. The van der Waals surface area contributed by atoms with Crippen molar-refractivity contribution in [3.05, 3.63) is 41.0 Å². The lowest BCUT2D eigenvalue weighted by atomic mass is 9.57. The van der Waals surface area contributed by atoms with Crippen LogP contribution in [0.1, 0.15) is 109 Å². The third kappa shape index (κ3) is 7.07. The molecule has 0 bridgehead atoms. The minimum atomic E-state index is -0.619. The Morgan fingerprint density at radius 3 is 2.19 bits per heavy atom. The van der Waals surface area contributed by atoms with E-state index in [2.05, 4.69) is 73.5 Å². The summed E-state index contributed by atoms with van der Waals surface area (Å²) < 4.78 is 14.0. The SMILES string of the molecule is Cc1ccc(-c2nc3c(C(=O)OC4C(C(C)(C)C)CC(C(C)C)CC4C(C)(C)C)c(C#N)c(OC(=O)N4CCCC(C)C4)n3[nH]2)cc1. The van der Waals surface area contributed by atoms with Crippen molar-refractivity contribution in [2.24, 2.45) is 40.4 Å². The molecule has 2 aliphatic rings. The third-order valence-electron chi connectivity index (χ3n) is 10.6. The molecule has 9 nitrogen and oxygen atoms in total. The maximum Gasteiger partial charge on any atom is 0.416 e. The first kappa shape index (κ1) is 34.5. The highest BCUT2D eigenvalue weighted by molar-refractivity contribution is 6.01. The second-order valence-corrected chi connectivity index (χ2v) is 16.6. The second kappa shape index (κ2) is 13.0. The van der Waals surface area contributed by atoms with Gasteiger partial charge in [0.15, 0.2) is 11.5 Å². The van der Waals surface area contributed by atoms with Crippen LogP contribution in [0.3, 0.4) is 0 Å². The number of hydrogen-bond acceptors (Lipinski definition) is 6. The van der Waals surface area contributed by atoms with Crippen LogP contribution in [-0.4, -0.2) is 50.8 Å². The number of aromatic nitrogens is 3. The van der Waals surface area contributed by atoms with Crippen LogP contribution in [-0.2, 0) is 4.74 Å². The Bertz CT molecular complexity index is 1620. The zero-order valence-electron chi connectivity index (χ0n) is 29.9. The van der Waals surface area contributed by atoms with Gasteiger partial charge >= 0.3 is 12.1 Å². The van der Waals surface area contributed by atoms with Crippen LogP contribution < -0.4 is 4.74 Å². The lowest BCUT2D eigenvalue weighted by Crippen LogP contribution is -2.50. The fourth-order valence-corrected chi connectivity index (χ4v) is 7.60. The number of likely N-dealkylation sites (tertiary alicyclic amines) is 1. The zero-order chi connectivity index (χ0) is 34.4. The van der Waals surface area contributed by atoms with E-state index in [1.807, 2.05) is 31.2 Å². The number of esters is 1. The minimum absolute atomic E-state index is 0.0169. The summed E-state index contributed by atoms with van der Waals surface area (Å²) in [6.07, 6.45) is 2.93. The molecule has 3 heterocycles. The van der Waals surface area contributed by atoms with Gasteiger partial charge < -0.3 is 14.4 Å². The average Bonchev–Trinajstić information content (AvgIpc) is 3.53. The smallest absolute Gasteiger partial charge is 0.416 e. The topological polar surface area (TPSA) is 113 Å². The Hall–Kier alpha value is -3.80. The van der Waals surface area contributed by atoms with Crippen molar-refractivity contribution in [1.82, 2.24) is 19.5 Å². The summed E-state index contributed by atoms with van der Waals surface area (Å²) in [5.74, 6) is 1.42. The number of nitriles is 1. The van der Waals surface area contributed by atoms with E-state index in [0.29, 0.717) is 36.7 Å². The van der Waals surface area contributed by atoms with E-state index < -0.39 is 12.1 Å². The molecule has 3 unspecified atom stereocenters. The van der Waals surface area contributed by atoms with Gasteiger partial charge in [0.2, 0.25) is 5.88 Å². The van der Waals surface area contributed by atoms with Gasteiger partial charge in [-0.15, -0.1) is 0 Å². The van der Waals surface area contributed by atoms with E-state index in [9.17, 15) is 14.9 Å². The molecule has 0 radical (unpaired) electrons. The van der Waals surface area contributed by atoms with E-state index in [-0.39, 0.29) is 51.4 Å². The molecule has 1 amide bonds. The Morgan fingerprint density at radius 2 is 1.66 bits per heavy atom. The lowest BCUT2D eigenvalue weighted by Gasteiger charge is -2.51. The van der Waals surface area contributed by atoms with E-state index >= 15 is 0 Å². The quantitative estimate of drug-likeness (QED) is 0.279. The maximum absolute atomic E-state index is 14.5. The van der Waals surface area contributed by atoms with Crippen molar-refractivity contribution < 1.29 is 19.1 Å². The predicted molar refractivity (Wildman–Crippen MR) is 183 cm³/mol. The summed E-state index contributed by atoms with van der Waals surface area (Å²) >= 11 is 0. The average molecular weight is 644 g/mol. The van der Waals surface area contributed by atoms with Gasteiger partial charge in [-0.2, -0.15) is 5.26 Å². The molecule has 0 spiro atoms. The van der Waals surface area contributed by atoms with Crippen LogP contribution in [0.2, 0.25) is 0 Å². The van der Waals surface area contributed by atoms with Crippen molar-refractivity contribution in [3.8, 4) is 23.3 Å². The van der Waals surface area contributed by atoms with Crippen LogP contribution in [0.4, 0.5) is 4.79 Å². The van der Waals surface area contributed by atoms with Crippen LogP contribution in [0.25, 0.3) is 17.0 Å². The number of nitrogens with zero attached hydrogens (tertiary/aromatic N) is 4. The van der Waals surface area contributed by atoms with Gasteiger partial charge in [0.05, 0.1) is 0 Å². The molecule has 47 heavy (non-hydrogen) atoms. The zero-order valence-corrected chi connectivity index (χ0v) is 29.9. The number of fused-ring (bicyclic) bond motifs is 1. The van der Waals surface area contributed by atoms with Crippen molar-refractivity contribution in [1.29, 1.82) is 5.26 Å². The van der Waals surface area contributed by atoms with Crippen molar-refractivity contribution in [2.45, 2.75) is 101 Å². The van der Waals surface area contributed by atoms with Crippen LogP contribution in [0.5, 0.6) is 5.88 Å². The highest BCUT2D eigenvalue weighted by atomic mass is 16.6. The number of H-pyrrole nitrogens is 1. The molecule has 2 aromatic heterocycles. The molecule has 3 aromatic rings. The predicted octanol–water partition coefficient (Wildman–Crippen LogP) is 8.66.